The molecule has 21 heavy (non-hydrogen) atoms. The third-order valence-corrected chi connectivity index (χ3v) is 3.60. The van der Waals surface area contributed by atoms with Crippen molar-refractivity contribution in [3.05, 3.63) is 29.3 Å². The van der Waals surface area contributed by atoms with Gasteiger partial charge >= 0.3 is 6.18 Å². The summed E-state index contributed by atoms with van der Waals surface area (Å²) in [6.07, 6.45) is -3.47. The molecule has 2 N–H and O–H groups in total. The van der Waals surface area contributed by atoms with Gasteiger partial charge in [-0.15, -0.1) is 0 Å². The predicted molar refractivity (Wildman–Crippen MR) is 78.3 cm³/mol. The largest absolute Gasteiger partial charge is 0.416 e. The highest BCUT2D eigenvalue weighted by molar-refractivity contribution is 5.56. The first-order valence-electron chi connectivity index (χ1n) is 7.00. The van der Waals surface area contributed by atoms with Gasteiger partial charge in [-0.05, 0) is 37.1 Å². The standard InChI is InChI=1S/C15H23F3N2O/c1-4-11(2)20(7-8-21-3)14-6-5-13(15(16,17)18)9-12(14)10-19/h5-6,9,11H,4,7-8,10,19H2,1-3H3. The second kappa shape index (κ2) is 7.66. The van der Waals surface area contributed by atoms with Gasteiger partial charge in [0.1, 0.15) is 0 Å². The lowest BCUT2D eigenvalue weighted by Crippen LogP contribution is -2.36. The molecule has 0 aromatic heterocycles. The zero-order valence-corrected chi connectivity index (χ0v) is 12.7. The molecule has 120 valence electrons. The zero-order valence-electron chi connectivity index (χ0n) is 12.7. The molecular formula is C15H23F3N2O. The minimum absolute atomic E-state index is 0.0686. The summed E-state index contributed by atoms with van der Waals surface area (Å²) in [5, 5.41) is 0. The molecule has 1 rings (SSSR count). The molecule has 1 unspecified atom stereocenters. The van der Waals surface area contributed by atoms with E-state index in [1.165, 1.54) is 6.07 Å². The van der Waals surface area contributed by atoms with Crippen LogP contribution in [0.4, 0.5) is 18.9 Å². The molecule has 0 aliphatic rings. The van der Waals surface area contributed by atoms with E-state index in [1.807, 2.05) is 18.7 Å². The lowest BCUT2D eigenvalue weighted by atomic mass is 10.0. The highest BCUT2D eigenvalue weighted by atomic mass is 19.4. The van der Waals surface area contributed by atoms with Crippen molar-refractivity contribution < 1.29 is 17.9 Å². The smallest absolute Gasteiger partial charge is 0.383 e. The monoisotopic (exact) mass is 304 g/mol. The average molecular weight is 304 g/mol. The second-order valence-corrected chi connectivity index (χ2v) is 4.99. The average Bonchev–Trinajstić information content (AvgIpc) is 2.46. The molecule has 0 amide bonds. The van der Waals surface area contributed by atoms with Crippen LogP contribution in [0, 0.1) is 0 Å². The van der Waals surface area contributed by atoms with Gasteiger partial charge in [-0.3, -0.25) is 0 Å². The van der Waals surface area contributed by atoms with Crippen LogP contribution in [-0.4, -0.2) is 26.3 Å². The lowest BCUT2D eigenvalue weighted by molar-refractivity contribution is -0.137. The molecule has 3 nitrogen and oxygen atoms in total. The van der Waals surface area contributed by atoms with Crippen LogP contribution < -0.4 is 10.6 Å². The van der Waals surface area contributed by atoms with Crippen molar-refractivity contribution >= 4 is 5.69 Å². The Labute approximate surface area is 123 Å². The maximum atomic E-state index is 12.8. The number of rotatable bonds is 7. The van der Waals surface area contributed by atoms with E-state index in [0.717, 1.165) is 24.2 Å². The summed E-state index contributed by atoms with van der Waals surface area (Å²) in [7, 11) is 1.60. The molecule has 1 aromatic rings. The van der Waals surface area contributed by atoms with Crippen molar-refractivity contribution in [1.29, 1.82) is 0 Å². The first kappa shape index (κ1) is 17.8. The molecule has 0 radical (unpaired) electrons. The number of hydrogen-bond donors (Lipinski definition) is 1. The number of ether oxygens (including phenoxy) is 1. The Morgan fingerprint density at radius 1 is 1.33 bits per heavy atom. The summed E-state index contributed by atoms with van der Waals surface area (Å²) < 4.78 is 43.5. The minimum Gasteiger partial charge on any atom is -0.383 e. The number of alkyl halides is 3. The molecule has 0 heterocycles. The molecule has 6 heteroatoms. The van der Waals surface area contributed by atoms with Crippen LogP contribution in [-0.2, 0) is 17.5 Å². The number of nitrogens with two attached hydrogens (primary N) is 1. The number of anilines is 1. The van der Waals surface area contributed by atoms with Crippen LogP contribution in [0.3, 0.4) is 0 Å². The lowest BCUT2D eigenvalue weighted by Gasteiger charge is -2.32. The van der Waals surface area contributed by atoms with Crippen LogP contribution in [0.1, 0.15) is 31.4 Å². The van der Waals surface area contributed by atoms with Gasteiger partial charge < -0.3 is 15.4 Å². The molecule has 1 aromatic carbocycles. The molecule has 0 aliphatic carbocycles. The van der Waals surface area contributed by atoms with Gasteiger partial charge in [-0.1, -0.05) is 6.92 Å². The fourth-order valence-electron chi connectivity index (χ4n) is 2.19. The Kier molecular flexibility index (Phi) is 6.48. The normalized spacial score (nSPS) is 13.3. The Balaban J connectivity index is 3.18. The van der Waals surface area contributed by atoms with Gasteiger partial charge in [0, 0.05) is 31.9 Å². The number of methoxy groups -OCH3 is 1. The van der Waals surface area contributed by atoms with E-state index >= 15 is 0 Å². The first-order chi connectivity index (χ1) is 9.85. The minimum atomic E-state index is -4.35. The molecule has 1 atom stereocenters. The second-order valence-electron chi connectivity index (χ2n) is 4.99. The highest BCUT2D eigenvalue weighted by Gasteiger charge is 2.31. The SMILES string of the molecule is CCC(C)N(CCOC)c1ccc(C(F)(F)F)cc1CN. The fourth-order valence-corrected chi connectivity index (χ4v) is 2.19. The van der Waals surface area contributed by atoms with E-state index in [2.05, 4.69) is 0 Å². The van der Waals surface area contributed by atoms with Gasteiger partial charge in [-0.2, -0.15) is 13.2 Å². The molecular weight excluding hydrogens is 281 g/mol. The first-order valence-corrected chi connectivity index (χ1v) is 7.00. The van der Waals surface area contributed by atoms with Crippen LogP contribution in [0.2, 0.25) is 0 Å². The number of nitrogens with zero attached hydrogens (tertiary/aromatic N) is 1. The van der Waals surface area contributed by atoms with Crippen molar-refractivity contribution in [2.75, 3.05) is 25.2 Å². The van der Waals surface area contributed by atoms with Gasteiger partial charge in [0.2, 0.25) is 0 Å². The summed E-state index contributed by atoms with van der Waals surface area (Å²) in [6, 6.07) is 3.95. The summed E-state index contributed by atoms with van der Waals surface area (Å²) in [5.41, 5.74) is 6.23. The summed E-state index contributed by atoms with van der Waals surface area (Å²) in [5.74, 6) is 0. The summed E-state index contributed by atoms with van der Waals surface area (Å²) >= 11 is 0. The Morgan fingerprint density at radius 2 is 2.00 bits per heavy atom. The van der Waals surface area contributed by atoms with E-state index < -0.39 is 11.7 Å². The van der Waals surface area contributed by atoms with Crippen LogP contribution >= 0.6 is 0 Å². The Morgan fingerprint density at radius 3 is 2.48 bits per heavy atom. The van der Waals surface area contributed by atoms with E-state index in [1.54, 1.807) is 7.11 Å². The third kappa shape index (κ3) is 4.61. The van der Waals surface area contributed by atoms with Gasteiger partial charge in [0.25, 0.3) is 0 Å². The van der Waals surface area contributed by atoms with E-state index in [-0.39, 0.29) is 12.6 Å². The predicted octanol–water partition coefficient (Wildman–Crippen LogP) is 3.42. The van der Waals surface area contributed by atoms with Crippen LogP contribution in [0.5, 0.6) is 0 Å². The zero-order chi connectivity index (χ0) is 16.0. The van der Waals surface area contributed by atoms with E-state index in [4.69, 9.17) is 10.5 Å². The molecule has 0 saturated heterocycles. The van der Waals surface area contributed by atoms with Crippen molar-refractivity contribution in [2.24, 2.45) is 5.73 Å². The maximum absolute atomic E-state index is 12.8. The maximum Gasteiger partial charge on any atom is 0.416 e. The van der Waals surface area contributed by atoms with Crippen LogP contribution in [0.25, 0.3) is 0 Å². The van der Waals surface area contributed by atoms with Crippen molar-refractivity contribution in [3.8, 4) is 0 Å². The molecule has 0 fully saturated rings. The van der Waals surface area contributed by atoms with Crippen molar-refractivity contribution in [1.82, 2.24) is 0 Å². The summed E-state index contributed by atoms with van der Waals surface area (Å²) in [6.45, 7) is 5.27. The quantitative estimate of drug-likeness (QED) is 0.839. The van der Waals surface area contributed by atoms with Gasteiger partial charge in [0.05, 0.1) is 12.2 Å². The van der Waals surface area contributed by atoms with E-state index in [0.29, 0.717) is 18.7 Å². The highest BCUT2D eigenvalue weighted by Crippen LogP contribution is 2.33. The number of benzene rings is 1. The Hall–Kier alpha value is -1.27. The molecule has 0 aliphatic heterocycles. The topological polar surface area (TPSA) is 38.5 Å². The van der Waals surface area contributed by atoms with Gasteiger partial charge in [-0.25, -0.2) is 0 Å². The van der Waals surface area contributed by atoms with Crippen molar-refractivity contribution in [3.63, 3.8) is 0 Å². The molecule has 0 spiro atoms. The van der Waals surface area contributed by atoms with Crippen molar-refractivity contribution in [2.45, 2.75) is 39.0 Å². The third-order valence-electron chi connectivity index (χ3n) is 3.60. The van der Waals surface area contributed by atoms with Crippen LogP contribution in [0.15, 0.2) is 18.2 Å². The summed E-state index contributed by atoms with van der Waals surface area (Å²) in [4.78, 5) is 2.05. The number of hydrogen-bond acceptors (Lipinski definition) is 3. The molecule has 0 saturated carbocycles. The Bertz CT molecular complexity index is 449. The van der Waals surface area contributed by atoms with Gasteiger partial charge in [0.15, 0.2) is 0 Å². The van der Waals surface area contributed by atoms with E-state index in [9.17, 15) is 13.2 Å². The number of halogens is 3. The fraction of sp³-hybridized carbons (Fsp3) is 0.600. The molecule has 0 bridgehead atoms.